The van der Waals surface area contributed by atoms with E-state index in [0.717, 1.165) is 15.6 Å². The number of carbonyl (C=O) groups is 1. The molecule has 0 aliphatic heterocycles. The topological polar surface area (TPSA) is 58.6 Å². The molecule has 1 amide bonds. The number of ether oxygens (including phenoxy) is 1. The highest BCUT2D eigenvalue weighted by Crippen LogP contribution is 2.44. The van der Waals surface area contributed by atoms with E-state index >= 15 is 0 Å². The molecule has 3 aromatic carbocycles. The summed E-state index contributed by atoms with van der Waals surface area (Å²) in [5, 5.41) is 15.7. The molecule has 5 rings (SSSR count). The molecule has 156 valence electrons. The lowest BCUT2D eigenvalue weighted by Crippen LogP contribution is -2.30. The van der Waals surface area contributed by atoms with Crippen molar-refractivity contribution in [3.05, 3.63) is 94.9 Å². The minimum Gasteiger partial charge on any atom is -0.449 e. The van der Waals surface area contributed by atoms with Gasteiger partial charge in [-0.25, -0.2) is 4.79 Å². The summed E-state index contributed by atoms with van der Waals surface area (Å²) < 4.78 is 6.86. The first kappa shape index (κ1) is 19.8. The minimum atomic E-state index is -0.462. The number of rotatable bonds is 6. The molecule has 1 aromatic heterocycles. The maximum atomic E-state index is 12.7. The Morgan fingerprint density at radius 3 is 2.32 bits per heavy atom. The first-order valence-electron chi connectivity index (χ1n) is 10.4. The summed E-state index contributed by atoms with van der Waals surface area (Å²) >= 11 is 1.64. The Labute approximate surface area is 185 Å². The Morgan fingerprint density at radius 2 is 1.61 bits per heavy atom. The molecule has 31 heavy (non-hydrogen) atoms. The first-order valence-corrected chi connectivity index (χ1v) is 11.3. The van der Waals surface area contributed by atoms with Crippen LogP contribution in [0.2, 0.25) is 0 Å². The van der Waals surface area contributed by atoms with Crippen molar-refractivity contribution in [3.63, 3.8) is 0 Å². The standard InChI is InChI=1S/C26H23NO3S/c28-14-13-24(23-16-31-25-12-6-5-11-21(23)25)27-26(29)30-15-22-19-9-3-1-7-17(19)18-8-2-4-10-20(18)22/h1-12,16,22,24,28H,13-15H2,(H,27,29)/t24-/m0/s1. The van der Waals surface area contributed by atoms with Crippen molar-refractivity contribution in [2.24, 2.45) is 0 Å². The third kappa shape index (κ3) is 3.71. The predicted octanol–water partition coefficient (Wildman–Crippen LogP) is 5.86. The molecule has 4 nitrogen and oxygen atoms in total. The second-order valence-corrected chi connectivity index (χ2v) is 8.63. The fraction of sp³-hybridized carbons (Fsp3) is 0.192. The van der Waals surface area contributed by atoms with Crippen LogP contribution < -0.4 is 5.32 Å². The number of nitrogens with one attached hydrogen (secondary N) is 1. The van der Waals surface area contributed by atoms with Crippen molar-refractivity contribution in [2.45, 2.75) is 18.4 Å². The zero-order chi connectivity index (χ0) is 21.2. The highest BCUT2D eigenvalue weighted by molar-refractivity contribution is 7.17. The van der Waals surface area contributed by atoms with Gasteiger partial charge in [-0.3, -0.25) is 0 Å². The van der Waals surface area contributed by atoms with Gasteiger partial charge in [-0.15, -0.1) is 11.3 Å². The SMILES string of the molecule is O=C(N[C@@H](CCO)c1csc2ccccc12)OCC1c2ccccc2-c2ccccc21. The maximum absolute atomic E-state index is 12.7. The number of fused-ring (bicyclic) bond motifs is 4. The van der Waals surface area contributed by atoms with Crippen LogP contribution in [0.5, 0.6) is 0 Å². The molecule has 1 aliphatic carbocycles. The first-order chi connectivity index (χ1) is 15.3. The number of amides is 1. The molecule has 0 unspecified atom stereocenters. The molecule has 1 atom stereocenters. The van der Waals surface area contributed by atoms with Crippen LogP contribution in [0, 0.1) is 0 Å². The highest BCUT2D eigenvalue weighted by atomic mass is 32.1. The van der Waals surface area contributed by atoms with E-state index in [1.54, 1.807) is 11.3 Å². The number of aliphatic hydroxyl groups excluding tert-OH is 1. The van der Waals surface area contributed by atoms with E-state index in [1.165, 1.54) is 22.3 Å². The van der Waals surface area contributed by atoms with E-state index < -0.39 is 6.09 Å². The molecule has 0 bridgehead atoms. The molecule has 5 heteroatoms. The summed E-state index contributed by atoms with van der Waals surface area (Å²) in [5.41, 5.74) is 5.80. The lowest BCUT2D eigenvalue weighted by atomic mass is 9.98. The summed E-state index contributed by atoms with van der Waals surface area (Å²) in [6.45, 7) is 0.259. The van der Waals surface area contributed by atoms with Crippen LogP contribution in [-0.4, -0.2) is 24.4 Å². The Morgan fingerprint density at radius 1 is 0.968 bits per heavy atom. The van der Waals surface area contributed by atoms with Gasteiger partial charge in [0.15, 0.2) is 0 Å². The van der Waals surface area contributed by atoms with E-state index in [-0.39, 0.29) is 25.2 Å². The summed E-state index contributed by atoms with van der Waals surface area (Å²) in [6.07, 6.45) is -0.0270. The Kier molecular flexibility index (Phi) is 5.45. The van der Waals surface area contributed by atoms with Crippen LogP contribution in [-0.2, 0) is 4.74 Å². The van der Waals surface area contributed by atoms with Crippen LogP contribution in [0.4, 0.5) is 4.79 Å². The average molecular weight is 430 g/mol. The molecule has 0 radical (unpaired) electrons. The van der Waals surface area contributed by atoms with Crippen LogP contribution in [0.3, 0.4) is 0 Å². The maximum Gasteiger partial charge on any atom is 0.407 e. The van der Waals surface area contributed by atoms with Gasteiger partial charge in [0, 0.05) is 17.2 Å². The number of hydrogen-bond acceptors (Lipinski definition) is 4. The molecule has 4 aromatic rings. The molecular weight excluding hydrogens is 406 g/mol. The van der Waals surface area contributed by atoms with E-state index in [9.17, 15) is 9.90 Å². The van der Waals surface area contributed by atoms with Crippen LogP contribution in [0.1, 0.15) is 35.1 Å². The van der Waals surface area contributed by atoms with Gasteiger partial charge in [-0.05, 0) is 51.1 Å². The van der Waals surface area contributed by atoms with Crippen molar-refractivity contribution in [3.8, 4) is 11.1 Å². The smallest absolute Gasteiger partial charge is 0.407 e. The number of aliphatic hydroxyl groups is 1. The van der Waals surface area contributed by atoms with Crippen LogP contribution in [0.15, 0.2) is 78.2 Å². The van der Waals surface area contributed by atoms with E-state index in [2.05, 4.69) is 41.0 Å². The number of thiophene rings is 1. The van der Waals surface area contributed by atoms with Gasteiger partial charge in [0.1, 0.15) is 6.61 Å². The molecule has 2 N–H and O–H groups in total. The van der Waals surface area contributed by atoms with Gasteiger partial charge in [0.05, 0.1) is 6.04 Å². The van der Waals surface area contributed by atoms with Crippen molar-refractivity contribution in [1.82, 2.24) is 5.32 Å². The second-order valence-electron chi connectivity index (χ2n) is 7.72. The third-order valence-corrected chi connectivity index (χ3v) is 6.92. The zero-order valence-corrected chi connectivity index (χ0v) is 17.8. The van der Waals surface area contributed by atoms with Gasteiger partial charge in [0.25, 0.3) is 0 Å². The summed E-state index contributed by atoms with van der Waals surface area (Å²) in [4.78, 5) is 12.7. The monoisotopic (exact) mass is 429 g/mol. The summed E-state index contributed by atoms with van der Waals surface area (Å²) in [7, 11) is 0. The van der Waals surface area contributed by atoms with E-state index in [0.29, 0.717) is 6.42 Å². The zero-order valence-electron chi connectivity index (χ0n) is 17.0. The minimum absolute atomic E-state index is 0.0154. The van der Waals surface area contributed by atoms with Crippen molar-refractivity contribution >= 4 is 27.5 Å². The number of benzene rings is 3. The molecular formula is C26H23NO3S. The molecule has 0 fully saturated rings. The van der Waals surface area contributed by atoms with Crippen LogP contribution >= 0.6 is 11.3 Å². The van der Waals surface area contributed by atoms with Gasteiger partial charge in [-0.1, -0.05) is 66.7 Å². The van der Waals surface area contributed by atoms with Gasteiger partial charge < -0.3 is 15.2 Å². The van der Waals surface area contributed by atoms with E-state index in [1.807, 2.05) is 42.5 Å². The fourth-order valence-corrected chi connectivity index (χ4v) is 5.50. The Balaban J connectivity index is 1.32. The summed E-state index contributed by atoms with van der Waals surface area (Å²) in [5.74, 6) is 0.0245. The van der Waals surface area contributed by atoms with E-state index in [4.69, 9.17) is 4.74 Å². The number of carbonyl (C=O) groups excluding carboxylic acids is 1. The van der Waals surface area contributed by atoms with Crippen molar-refractivity contribution in [1.29, 1.82) is 0 Å². The lowest BCUT2D eigenvalue weighted by Gasteiger charge is -2.19. The Bertz CT molecular complexity index is 1190. The molecule has 1 heterocycles. The molecule has 1 aliphatic rings. The number of hydrogen-bond donors (Lipinski definition) is 2. The molecule has 0 saturated carbocycles. The van der Waals surface area contributed by atoms with Crippen LogP contribution in [0.25, 0.3) is 21.2 Å². The average Bonchev–Trinajstić information content (AvgIpc) is 3.37. The van der Waals surface area contributed by atoms with Gasteiger partial charge in [-0.2, -0.15) is 0 Å². The Hall–Kier alpha value is -3.15. The van der Waals surface area contributed by atoms with Crippen molar-refractivity contribution in [2.75, 3.05) is 13.2 Å². The van der Waals surface area contributed by atoms with Crippen molar-refractivity contribution < 1.29 is 14.6 Å². The molecule has 0 spiro atoms. The number of alkyl carbamates (subject to hydrolysis) is 1. The largest absolute Gasteiger partial charge is 0.449 e. The summed E-state index contributed by atoms with van der Waals surface area (Å²) in [6, 6.07) is 24.4. The second kappa shape index (κ2) is 8.53. The highest BCUT2D eigenvalue weighted by Gasteiger charge is 2.29. The van der Waals surface area contributed by atoms with Gasteiger partial charge >= 0.3 is 6.09 Å². The third-order valence-electron chi connectivity index (χ3n) is 5.94. The normalized spacial score (nSPS) is 13.6. The van der Waals surface area contributed by atoms with Gasteiger partial charge in [0.2, 0.25) is 0 Å². The lowest BCUT2D eigenvalue weighted by molar-refractivity contribution is 0.137. The fourth-order valence-electron chi connectivity index (χ4n) is 4.49. The molecule has 0 saturated heterocycles. The quantitative estimate of drug-likeness (QED) is 0.403. The predicted molar refractivity (Wildman–Crippen MR) is 124 cm³/mol.